The molecule has 0 aliphatic carbocycles. The summed E-state index contributed by atoms with van der Waals surface area (Å²) in [5, 5.41) is 21.3. The molecule has 1 saturated heterocycles. The number of nitrogens with zero attached hydrogens (tertiary/aromatic N) is 6. The maximum Gasteiger partial charge on any atom is 0.303 e. The number of aromatic nitrogens is 4. The second-order valence-electron chi connectivity index (χ2n) is 10.0. The Bertz CT molecular complexity index is 1240. The van der Waals surface area contributed by atoms with Crippen LogP contribution in [0.15, 0.2) is 55.1 Å². The molecule has 2 atom stereocenters. The molecule has 9 nitrogen and oxygen atoms in total. The Hall–Kier alpha value is -3.72. The third-order valence-electron chi connectivity index (χ3n) is 7.19. The molecule has 2 heterocycles. The Labute approximate surface area is 224 Å². The Morgan fingerprint density at radius 3 is 2.74 bits per heavy atom. The number of hydrogen-bond acceptors (Lipinski definition) is 7. The van der Waals surface area contributed by atoms with Gasteiger partial charge in [-0.05, 0) is 66.8 Å². The number of hydrogen-bond donors (Lipinski definition) is 1. The minimum Gasteiger partial charge on any atom is -0.497 e. The molecule has 0 spiro atoms. The van der Waals surface area contributed by atoms with E-state index in [2.05, 4.69) is 70.0 Å². The fourth-order valence-electron chi connectivity index (χ4n) is 5.21. The van der Waals surface area contributed by atoms with Crippen molar-refractivity contribution in [3.8, 4) is 17.1 Å². The minimum atomic E-state index is -0.785. The highest BCUT2D eigenvalue weighted by atomic mass is 16.5. The molecule has 1 fully saturated rings. The molecule has 3 aromatic rings. The number of rotatable bonds is 12. The molecule has 4 rings (SSSR count). The van der Waals surface area contributed by atoms with Crippen LogP contribution in [0.5, 0.6) is 5.75 Å². The van der Waals surface area contributed by atoms with Gasteiger partial charge >= 0.3 is 5.97 Å². The molecule has 0 saturated carbocycles. The van der Waals surface area contributed by atoms with Crippen LogP contribution in [0, 0.1) is 0 Å². The summed E-state index contributed by atoms with van der Waals surface area (Å²) < 4.78 is 7.48. The molecule has 9 heteroatoms. The first-order chi connectivity index (χ1) is 18.4. The molecule has 1 aliphatic heterocycles. The zero-order valence-electron chi connectivity index (χ0n) is 22.6. The monoisotopic (exact) mass is 518 g/mol. The summed E-state index contributed by atoms with van der Waals surface area (Å²) in [5.74, 6) is 0.749. The fourth-order valence-corrected chi connectivity index (χ4v) is 5.21. The van der Waals surface area contributed by atoms with Gasteiger partial charge in [-0.15, -0.1) is 11.7 Å². The lowest BCUT2D eigenvalue weighted by Crippen LogP contribution is -2.56. The fraction of sp³-hybridized carbons (Fsp3) is 0.448. The summed E-state index contributed by atoms with van der Waals surface area (Å²) in [6, 6.07) is 15.4. The van der Waals surface area contributed by atoms with Crippen LogP contribution < -0.4 is 9.64 Å². The van der Waals surface area contributed by atoms with E-state index in [9.17, 15) is 4.79 Å². The smallest absolute Gasteiger partial charge is 0.303 e. The second-order valence-corrected chi connectivity index (χ2v) is 10.0. The number of carboxylic acids is 1. The Morgan fingerprint density at radius 1 is 1.16 bits per heavy atom. The van der Waals surface area contributed by atoms with Crippen LogP contribution in [-0.4, -0.2) is 75.0 Å². The average molecular weight is 519 g/mol. The van der Waals surface area contributed by atoms with Crippen LogP contribution >= 0.6 is 0 Å². The number of methoxy groups -OCH3 is 1. The van der Waals surface area contributed by atoms with E-state index in [4.69, 9.17) is 9.84 Å². The van der Waals surface area contributed by atoms with Crippen molar-refractivity contribution in [1.29, 1.82) is 0 Å². The van der Waals surface area contributed by atoms with Crippen LogP contribution in [0.1, 0.15) is 44.2 Å². The molecule has 1 aliphatic rings. The topological polar surface area (TPSA) is 96.6 Å². The summed E-state index contributed by atoms with van der Waals surface area (Å²) in [5.41, 5.74) is 4.41. The maximum absolute atomic E-state index is 10.8. The van der Waals surface area contributed by atoms with Crippen molar-refractivity contribution in [3.05, 3.63) is 66.2 Å². The molecule has 1 aromatic heterocycles. The van der Waals surface area contributed by atoms with Crippen molar-refractivity contribution in [3.63, 3.8) is 0 Å². The largest absolute Gasteiger partial charge is 0.497 e. The van der Waals surface area contributed by atoms with Crippen LogP contribution in [-0.2, 0) is 17.8 Å². The first-order valence-corrected chi connectivity index (χ1v) is 13.2. The molecule has 0 amide bonds. The maximum atomic E-state index is 10.8. The molecule has 202 valence electrons. The molecule has 0 unspecified atom stereocenters. The predicted molar refractivity (Wildman–Crippen MR) is 149 cm³/mol. The summed E-state index contributed by atoms with van der Waals surface area (Å²) in [6.07, 6.45) is 4.11. The number of anilines is 1. The van der Waals surface area contributed by atoms with Crippen LogP contribution in [0.3, 0.4) is 0 Å². The van der Waals surface area contributed by atoms with Gasteiger partial charge in [0.05, 0.1) is 7.11 Å². The number of aliphatic carboxylic acids is 1. The number of benzene rings is 2. The van der Waals surface area contributed by atoms with Crippen molar-refractivity contribution in [2.75, 3.05) is 31.6 Å². The summed E-state index contributed by atoms with van der Waals surface area (Å²) in [6.45, 7) is 11.8. The van der Waals surface area contributed by atoms with Crippen molar-refractivity contribution in [2.24, 2.45) is 0 Å². The highest BCUT2D eigenvalue weighted by molar-refractivity contribution is 5.66. The lowest BCUT2D eigenvalue weighted by Gasteiger charge is -2.45. The standard InChI is InChI=1S/C29H38N6O3/c1-5-13-33-19-22(3)34(20-21(33)2)25-16-23(17-26(18-25)38-4)15-24-10-6-7-11-27(24)29-30-31-32-35(29)14-9-8-12-28(36)37/h5-7,10-11,16-18,21-22H,1,8-9,12-15,19-20H2,2-4H3,(H,36,37)/t21-,22+/m1/s1. The number of carbonyl (C=O) groups is 1. The van der Waals surface area contributed by atoms with E-state index in [-0.39, 0.29) is 6.42 Å². The van der Waals surface area contributed by atoms with E-state index in [0.717, 1.165) is 47.8 Å². The number of piperazine rings is 1. The van der Waals surface area contributed by atoms with Gasteiger partial charge in [-0.25, -0.2) is 4.68 Å². The van der Waals surface area contributed by atoms with Gasteiger partial charge in [0.25, 0.3) is 0 Å². The van der Waals surface area contributed by atoms with E-state index in [1.54, 1.807) is 11.8 Å². The Kier molecular flexibility index (Phi) is 9.12. The van der Waals surface area contributed by atoms with Crippen molar-refractivity contribution >= 4 is 11.7 Å². The van der Waals surface area contributed by atoms with Crippen LogP contribution in [0.4, 0.5) is 5.69 Å². The molecule has 38 heavy (non-hydrogen) atoms. The van der Waals surface area contributed by atoms with Crippen molar-refractivity contribution in [1.82, 2.24) is 25.1 Å². The van der Waals surface area contributed by atoms with E-state index < -0.39 is 5.97 Å². The van der Waals surface area contributed by atoms with Crippen molar-refractivity contribution < 1.29 is 14.6 Å². The predicted octanol–water partition coefficient (Wildman–Crippen LogP) is 4.28. The number of tetrazole rings is 1. The number of carboxylic acid groups (broad SMARTS) is 1. The van der Waals surface area contributed by atoms with E-state index in [0.29, 0.717) is 43.7 Å². The lowest BCUT2D eigenvalue weighted by atomic mass is 9.98. The zero-order valence-corrected chi connectivity index (χ0v) is 22.6. The third-order valence-corrected chi connectivity index (χ3v) is 7.19. The van der Waals surface area contributed by atoms with E-state index in [1.807, 2.05) is 24.3 Å². The van der Waals surface area contributed by atoms with Crippen molar-refractivity contribution in [2.45, 2.75) is 58.2 Å². The number of unbranched alkanes of at least 4 members (excludes halogenated alkanes) is 1. The molecular formula is C29H38N6O3. The van der Waals surface area contributed by atoms with Crippen LogP contribution in [0.2, 0.25) is 0 Å². The van der Waals surface area contributed by atoms with Crippen LogP contribution in [0.25, 0.3) is 11.4 Å². The first-order valence-electron chi connectivity index (χ1n) is 13.2. The van der Waals surface area contributed by atoms with Gasteiger partial charge in [0.15, 0.2) is 5.82 Å². The normalized spacial score (nSPS) is 17.9. The summed E-state index contributed by atoms with van der Waals surface area (Å²) in [7, 11) is 1.71. The molecule has 0 bridgehead atoms. The number of aryl methyl sites for hydroxylation is 1. The Balaban J connectivity index is 1.57. The lowest BCUT2D eigenvalue weighted by molar-refractivity contribution is -0.137. The zero-order chi connectivity index (χ0) is 27.1. The molecular weight excluding hydrogens is 480 g/mol. The highest BCUT2D eigenvalue weighted by Gasteiger charge is 2.29. The van der Waals surface area contributed by atoms with Gasteiger partial charge in [-0.3, -0.25) is 9.69 Å². The summed E-state index contributed by atoms with van der Waals surface area (Å²) in [4.78, 5) is 15.8. The molecule has 0 radical (unpaired) electrons. The second kappa shape index (κ2) is 12.7. The highest BCUT2D eigenvalue weighted by Crippen LogP contribution is 2.31. The van der Waals surface area contributed by atoms with Gasteiger partial charge in [-0.1, -0.05) is 30.3 Å². The van der Waals surface area contributed by atoms with E-state index in [1.165, 1.54) is 0 Å². The van der Waals surface area contributed by atoms with Gasteiger partial charge < -0.3 is 14.7 Å². The number of ether oxygens (including phenoxy) is 1. The first kappa shape index (κ1) is 27.3. The molecule has 2 aromatic carbocycles. The average Bonchev–Trinajstić information content (AvgIpc) is 3.37. The summed E-state index contributed by atoms with van der Waals surface area (Å²) >= 11 is 0. The quantitative estimate of drug-likeness (QED) is 0.280. The Morgan fingerprint density at radius 2 is 1.97 bits per heavy atom. The van der Waals surface area contributed by atoms with Gasteiger partial charge in [0.2, 0.25) is 0 Å². The van der Waals surface area contributed by atoms with Gasteiger partial charge in [0.1, 0.15) is 5.75 Å². The third kappa shape index (κ3) is 6.58. The van der Waals surface area contributed by atoms with Gasteiger partial charge in [-0.2, -0.15) is 0 Å². The SMILES string of the molecule is C=CCN1C[C@H](C)N(c2cc(Cc3ccccc3-c3nnnn3CCCCC(=O)O)cc(OC)c2)C[C@H]1C. The minimum absolute atomic E-state index is 0.146. The van der Waals surface area contributed by atoms with E-state index >= 15 is 0 Å². The van der Waals surface area contributed by atoms with Gasteiger partial charge in [0, 0.05) is 62.0 Å². The molecule has 1 N–H and O–H groups in total.